The number of rotatable bonds is 6. The van der Waals surface area contributed by atoms with Crippen LogP contribution in [0.4, 0.5) is 0 Å². The fraction of sp³-hybridized carbons (Fsp3) is 0.909. The number of morpholine rings is 1. The van der Waals surface area contributed by atoms with E-state index in [9.17, 15) is 0 Å². The second-order valence-electron chi connectivity index (χ2n) is 3.98. The molecule has 0 aliphatic carbocycles. The third-order valence-corrected chi connectivity index (χ3v) is 2.68. The zero-order chi connectivity index (χ0) is 11.6. The molecule has 0 amide bonds. The van der Waals surface area contributed by atoms with Crippen molar-refractivity contribution in [3.63, 3.8) is 0 Å². The molecule has 0 atom stereocenters. The molecule has 1 aliphatic rings. The molecular weight excluding hydrogens is 206 g/mol. The lowest BCUT2D eigenvalue weighted by Crippen LogP contribution is -2.44. The minimum atomic E-state index is 0.291. The summed E-state index contributed by atoms with van der Waals surface area (Å²) >= 11 is 0. The van der Waals surface area contributed by atoms with Gasteiger partial charge < -0.3 is 20.5 Å². The van der Waals surface area contributed by atoms with Crippen molar-refractivity contribution in [1.82, 2.24) is 4.90 Å². The van der Waals surface area contributed by atoms with Gasteiger partial charge in [0.2, 0.25) is 0 Å². The van der Waals surface area contributed by atoms with Crippen molar-refractivity contribution in [2.24, 2.45) is 10.7 Å². The third-order valence-electron chi connectivity index (χ3n) is 2.68. The Morgan fingerprint density at radius 2 is 1.88 bits per heavy atom. The van der Waals surface area contributed by atoms with Crippen LogP contribution in [0.3, 0.4) is 0 Å². The average molecular weight is 229 g/mol. The molecule has 1 rings (SSSR count). The molecule has 0 bridgehead atoms. The molecule has 0 unspecified atom stereocenters. The monoisotopic (exact) mass is 229 g/mol. The van der Waals surface area contributed by atoms with Crippen molar-refractivity contribution in [2.45, 2.75) is 25.7 Å². The maximum atomic E-state index is 8.62. The molecule has 5 nitrogen and oxygen atoms in total. The molecule has 0 spiro atoms. The van der Waals surface area contributed by atoms with Gasteiger partial charge in [0.05, 0.1) is 13.2 Å². The second-order valence-corrected chi connectivity index (χ2v) is 3.98. The topological polar surface area (TPSA) is 71.1 Å². The van der Waals surface area contributed by atoms with Gasteiger partial charge in [-0.2, -0.15) is 0 Å². The number of hydrogen-bond acceptors (Lipinski definition) is 3. The van der Waals surface area contributed by atoms with Crippen LogP contribution >= 0.6 is 0 Å². The first kappa shape index (κ1) is 13.3. The highest BCUT2D eigenvalue weighted by Crippen LogP contribution is 2.00. The van der Waals surface area contributed by atoms with Crippen LogP contribution in [0.2, 0.25) is 0 Å². The summed E-state index contributed by atoms with van der Waals surface area (Å²) < 4.78 is 5.24. The highest BCUT2D eigenvalue weighted by atomic mass is 16.5. The van der Waals surface area contributed by atoms with Crippen LogP contribution in [0.5, 0.6) is 0 Å². The minimum Gasteiger partial charge on any atom is -0.396 e. The van der Waals surface area contributed by atoms with Crippen LogP contribution in [-0.4, -0.2) is 55.4 Å². The number of ether oxygens (including phenoxy) is 1. The Morgan fingerprint density at radius 3 is 2.56 bits per heavy atom. The van der Waals surface area contributed by atoms with Crippen molar-refractivity contribution in [1.29, 1.82) is 0 Å². The van der Waals surface area contributed by atoms with Gasteiger partial charge in [-0.1, -0.05) is 12.8 Å². The smallest absolute Gasteiger partial charge is 0.191 e. The van der Waals surface area contributed by atoms with E-state index in [1.807, 2.05) is 0 Å². The number of hydrogen-bond donors (Lipinski definition) is 2. The van der Waals surface area contributed by atoms with Crippen molar-refractivity contribution in [3.05, 3.63) is 0 Å². The van der Waals surface area contributed by atoms with Gasteiger partial charge in [0.25, 0.3) is 0 Å². The SMILES string of the molecule is NC(=NCCCCCCO)N1CCOCC1. The Hall–Kier alpha value is -0.810. The van der Waals surface area contributed by atoms with Gasteiger partial charge in [0.15, 0.2) is 5.96 Å². The summed E-state index contributed by atoms with van der Waals surface area (Å²) in [7, 11) is 0. The highest BCUT2D eigenvalue weighted by molar-refractivity contribution is 5.78. The summed E-state index contributed by atoms with van der Waals surface area (Å²) in [6.45, 7) is 4.26. The van der Waals surface area contributed by atoms with Crippen LogP contribution in [0.25, 0.3) is 0 Å². The van der Waals surface area contributed by atoms with Gasteiger partial charge >= 0.3 is 0 Å². The molecule has 0 radical (unpaired) electrons. The number of unbranched alkanes of at least 4 members (excludes halogenated alkanes) is 3. The molecule has 0 aromatic heterocycles. The standard InChI is InChI=1S/C11H23N3O2/c12-11(14-6-9-16-10-7-14)13-5-3-1-2-4-8-15/h15H,1-10H2,(H2,12,13). The maximum Gasteiger partial charge on any atom is 0.191 e. The molecule has 1 fully saturated rings. The molecule has 0 aromatic carbocycles. The summed E-state index contributed by atoms with van der Waals surface area (Å²) in [5, 5.41) is 8.62. The first-order valence-electron chi connectivity index (χ1n) is 6.08. The molecule has 0 aromatic rings. The van der Waals surface area contributed by atoms with Crippen molar-refractivity contribution >= 4 is 5.96 Å². The minimum absolute atomic E-state index is 0.291. The van der Waals surface area contributed by atoms with Crippen LogP contribution in [0, 0.1) is 0 Å². The average Bonchev–Trinajstić information content (AvgIpc) is 2.34. The molecule has 1 heterocycles. The zero-order valence-electron chi connectivity index (χ0n) is 9.90. The third kappa shape index (κ3) is 5.32. The molecule has 0 saturated carbocycles. The van der Waals surface area contributed by atoms with Crippen LogP contribution in [0.1, 0.15) is 25.7 Å². The van der Waals surface area contributed by atoms with Crippen LogP contribution in [0.15, 0.2) is 4.99 Å². The Bertz CT molecular complexity index is 203. The lowest BCUT2D eigenvalue weighted by atomic mass is 10.2. The normalized spacial score (nSPS) is 17.8. The summed E-state index contributed by atoms with van der Waals surface area (Å²) in [5.41, 5.74) is 5.87. The van der Waals surface area contributed by atoms with E-state index in [4.69, 9.17) is 15.6 Å². The van der Waals surface area contributed by atoms with Gasteiger partial charge in [0.1, 0.15) is 0 Å². The fourth-order valence-corrected chi connectivity index (χ4v) is 1.66. The summed E-state index contributed by atoms with van der Waals surface area (Å²) in [5.74, 6) is 0.644. The van der Waals surface area contributed by atoms with Gasteiger partial charge in [-0.25, -0.2) is 0 Å². The number of aliphatic hydroxyl groups is 1. The summed E-state index contributed by atoms with van der Waals surface area (Å²) in [4.78, 5) is 6.41. The van der Waals surface area contributed by atoms with E-state index >= 15 is 0 Å². The highest BCUT2D eigenvalue weighted by Gasteiger charge is 2.11. The van der Waals surface area contributed by atoms with Crippen molar-refractivity contribution in [2.75, 3.05) is 39.5 Å². The predicted octanol–water partition coefficient (Wildman–Crippen LogP) is 0.186. The first-order chi connectivity index (χ1) is 7.84. The predicted molar refractivity (Wildman–Crippen MR) is 64.4 cm³/mol. The Kier molecular flexibility index (Phi) is 6.92. The fourth-order valence-electron chi connectivity index (χ4n) is 1.66. The summed E-state index contributed by atoms with van der Waals surface area (Å²) in [6.07, 6.45) is 4.12. The van der Waals surface area contributed by atoms with Gasteiger partial charge in [0, 0.05) is 26.2 Å². The number of nitrogens with zero attached hydrogens (tertiary/aromatic N) is 2. The van der Waals surface area contributed by atoms with E-state index < -0.39 is 0 Å². The molecule has 5 heteroatoms. The number of guanidine groups is 1. The number of aliphatic imine (C=N–C) groups is 1. The quantitative estimate of drug-likeness (QED) is 0.387. The molecule has 16 heavy (non-hydrogen) atoms. The molecule has 3 N–H and O–H groups in total. The van der Waals surface area contributed by atoms with Crippen LogP contribution < -0.4 is 5.73 Å². The number of nitrogens with two attached hydrogens (primary N) is 1. The van der Waals surface area contributed by atoms with Crippen molar-refractivity contribution in [3.8, 4) is 0 Å². The zero-order valence-corrected chi connectivity index (χ0v) is 9.90. The van der Waals surface area contributed by atoms with Crippen molar-refractivity contribution < 1.29 is 9.84 Å². The van der Waals surface area contributed by atoms with E-state index in [0.29, 0.717) is 12.6 Å². The molecule has 1 saturated heterocycles. The van der Waals surface area contributed by atoms with E-state index in [-0.39, 0.29) is 0 Å². The first-order valence-corrected chi connectivity index (χ1v) is 6.08. The van der Waals surface area contributed by atoms with E-state index in [1.54, 1.807) is 0 Å². The van der Waals surface area contributed by atoms with Gasteiger partial charge in [-0.05, 0) is 12.8 Å². The Balaban J connectivity index is 2.07. The second kappa shape index (κ2) is 8.35. The van der Waals surface area contributed by atoms with E-state index in [1.165, 1.54) is 0 Å². The Labute approximate surface area is 97.3 Å². The lowest BCUT2D eigenvalue weighted by molar-refractivity contribution is 0.0674. The van der Waals surface area contributed by atoms with Gasteiger partial charge in [-0.3, -0.25) is 4.99 Å². The molecule has 94 valence electrons. The van der Waals surface area contributed by atoms with Crippen LogP contribution in [-0.2, 0) is 4.74 Å². The number of aliphatic hydroxyl groups excluding tert-OH is 1. The largest absolute Gasteiger partial charge is 0.396 e. The maximum absolute atomic E-state index is 8.62. The van der Waals surface area contributed by atoms with E-state index in [2.05, 4.69) is 9.89 Å². The van der Waals surface area contributed by atoms with E-state index in [0.717, 1.165) is 58.5 Å². The molecular formula is C11H23N3O2. The van der Waals surface area contributed by atoms with Gasteiger partial charge in [-0.15, -0.1) is 0 Å². The summed E-state index contributed by atoms with van der Waals surface area (Å²) in [6, 6.07) is 0. The Morgan fingerprint density at radius 1 is 1.19 bits per heavy atom. The molecule has 1 aliphatic heterocycles. The lowest BCUT2D eigenvalue weighted by Gasteiger charge is -2.27.